The summed E-state index contributed by atoms with van der Waals surface area (Å²) in [5.41, 5.74) is 0.634. The van der Waals surface area contributed by atoms with Crippen LogP contribution < -0.4 is 0 Å². The Hall–Kier alpha value is -0.420. The highest BCUT2D eigenvalue weighted by Gasteiger charge is 2.20. The molecule has 0 aromatic heterocycles. The highest BCUT2D eigenvalue weighted by Crippen LogP contribution is 2.35. The summed E-state index contributed by atoms with van der Waals surface area (Å²) >= 11 is 12.6. The predicted molar refractivity (Wildman–Crippen MR) is 77.3 cm³/mol. The molecule has 1 nitrogen and oxygen atoms in total. The average molecular weight is 394 g/mol. The Balaban J connectivity index is 2.54. The van der Waals surface area contributed by atoms with E-state index in [0.717, 1.165) is 4.47 Å². The first-order chi connectivity index (χ1) is 8.50. The van der Waals surface area contributed by atoms with Crippen LogP contribution in [-0.2, 0) is 0 Å². The zero-order valence-electron chi connectivity index (χ0n) is 9.00. The topological polar surface area (TPSA) is 20.2 Å². The van der Waals surface area contributed by atoms with Gasteiger partial charge < -0.3 is 5.11 Å². The monoisotopic (exact) mass is 392 g/mol. The molecule has 0 saturated heterocycles. The molecule has 2 rings (SSSR count). The van der Waals surface area contributed by atoms with Crippen LogP contribution in [-0.4, -0.2) is 5.11 Å². The molecule has 0 aliphatic rings. The van der Waals surface area contributed by atoms with E-state index in [-0.39, 0.29) is 10.6 Å². The number of aliphatic hydroxyl groups excluding tert-OH is 1. The Bertz CT molecular complexity index is 569. The lowest BCUT2D eigenvalue weighted by molar-refractivity contribution is 0.214. The van der Waals surface area contributed by atoms with Crippen molar-refractivity contribution < 1.29 is 9.50 Å². The van der Waals surface area contributed by atoms with Crippen molar-refractivity contribution >= 4 is 43.5 Å². The van der Waals surface area contributed by atoms with Crippen molar-refractivity contribution in [3.05, 3.63) is 67.3 Å². The fourth-order valence-electron chi connectivity index (χ4n) is 1.65. The van der Waals surface area contributed by atoms with Crippen molar-refractivity contribution in [2.24, 2.45) is 0 Å². The summed E-state index contributed by atoms with van der Waals surface area (Å²) in [5.74, 6) is -0.526. The highest BCUT2D eigenvalue weighted by molar-refractivity contribution is 9.11. The zero-order chi connectivity index (χ0) is 13.3. The zero-order valence-corrected chi connectivity index (χ0v) is 12.9. The lowest BCUT2D eigenvalue weighted by Crippen LogP contribution is -2.04. The molecular formula is C13H8Br2ClFO. The van der Waals surface area contributed by atoms with Gasteiger partial charge in [0.2, 0.25) is 0 Å². The van der Waals surface area contributed by atoms with Gasteiger partial charge in [0.05, 0.1) is 0 Å². The third-order valence-corrected chi connectivity index (χ3v) is 4.07. The Labute approximate surface area is 126 Å². The van der Waals surface area contributed by atoms with Crippen molar-refractivity contribution in [2.45, 2.75) is 6.10 Å². The van der Waals surface area contributed by atoms with E-state index in [1.54, 1.807) is 18.2 Å². The van der Waals surface area contributed by atoms with Crippen LogP contribution in [0.3, 0.4) is 0 Å². The number of halogens is 4. The van der Waals surface area contributed by atoms with Crippen LogP contribution in [0.4, 0.5) is 4.39 Å². The molecule has 1 atom stereocenters. The molecule has 0 aliphatic heterocycles. The molecule has 0 bridgehead atoms. The van der Waals surface area contributed by atoms with Gasteiger partial charge in [-0.15, -0.1) is 0 Å². The summed E-state index contributed by atoms with van der Waals surface area (Å²) in [5, 5.41) is 10.5. The van der Waals surface area contributed by atoms with Gasteiger partial charge in [-0.05, 0) is 30.3 Å². The Morgan fingerprint density at radius 3 is 2.56 bits per heavy atom. The SMILES string of the molecule is OC(c1cc(Br)ccc1Br)c1c(F)cccc1Cl. The second-order valence-corrected chi connectivity index (χ2v) is 5.88. The molecule has 0 saturated carbocycles. The minimum Gasteiger partial charge on any atom is -0.383 e. The molecule has 0 radical (unpaired) electrons. The van der Waals surface area contributed by atoms with Crippen LogP contribution in [0.1, 0.15) is 17.2 Å². The summed E-state index contributed by atoms with van der Waals surface area (Å²) < 4.78 is 15.2. The van der Waals surface area contributed by atoms with E-state index in [1.165, 1.54) is 12.1 Å². The van der Waals surface area contributed by atoms with E-state index >= 15 is 0 Å². The number of hydrogen-bond acceptors (Lipinski definition) is 1. The molecule has 1 unspecified atom stereocenters. The lowest BCUT2D eigenvalue weighted by atomic mass is 10.0. The molecule has 1 N–H and O–H groups in total. The van der Waals surface area contributed by atoms with Crippen LogP contribution in [0.2, 0.25) is 5.02 Å². The van der Waals surface area contributed by atoms with Crippen LogP contribution in [0, 0.1) is 5.82 Å². The number of rotatable bonds is 2. The Kier molecular flexibility index (Phi) is 4.43. The first-order valence-electron chi connectivity index (χ1n) is 5.07. The Morgan fingerprint density at radius 2 is 1.89 bits per heavy atom. The Morgan fingerprint density at radius 1 is 1.17 bits per heavy atom. The number of hydrogen-bond donors (Lipinski definition) is 1. The molecule has 0 aliphatic carbocycles. The molecule has 94 valence electrons. The second kappa shape index (κ2) is 5.70. The maximum absolute atomic E-state index is 13.7. The van der Waals surface area contributed by atoms with Gasteiger partial charge in [-0.2, -0.15) is 0 Å². The molecule has 2 aromatic carbocycles. The van der Waals surface area contributed by atoms with Gasteiger partial charge in [0.1, 0.15) is 11.9 Å². The molecule has 5 heteroatoms. The smallest absolute Gasteiger partial charge is 0.130 e. The van der Waals surface area contributed by atoms with Crippen molar-refractivity contribution in [1.29, 1.82) is 0 Å². The third kappa shape index (κ3) is 2.77. The summed E-state index contributed by atoms with van der Waals surface area (Å²) in [4.78, 5) is 0. The normalized spacial score (nSPS) is 12.5. The summed E-state index contributed by atoms with van der Waals surface area (Å²) in [6.07, 6.45) is -1.12. The van der Waals surface area contributed by atoms with Gasteiger partial charge in [0.25, 0.3) is 0 Å². The quantitative estimate of drug-likeness (QED) is 0.753. The average Bonchev–Trinajstić information content (AvgIpc) is 2.32. The minimum absolute atomic E-state index is 0.0815. The van der Waals surface area contributed by atoms with Crippen LogP contribution in [0.25, 0.3) is 0 Å². The van der Waals surface area contributed by atoms with Gasteiger partial charge in [0, 0.05) is 25.1 Å². The maximum atomic E-state index is 13.7. The first kappa shape index (κ1) is 14.0. The van der Waals surface area contributed by atoms with E-state index in [2.05, 4.69) is 31.9 Å². The molecule has 2 aromatic rings. The van der Waals surface area contributed by atoms with Gasteiger partial charge in [-0.1, -0.05) is 49.5 Å². The first-order valence-corrected chi connectivity index (χ1v) is 7.04. The highest BCUT2D eigenvalue weighted by atomic mass is 79.9. The second-order valence-electron chi connectivity index (χ2n) is 3.70. The summed E-state index contributed by atoms with van der Waals surface area (Å²) in [6.45, 7) is 0. The van der Waals surface area contributed by atoms with E-state index in [0.29, 0.717) is 10.0 Å². The fraction of sp³-hybridized carbons (Fsp3) is 0.0769. The van der Waals surface area contributed by atoms with Crippen LogP contribution in [0.5, 0.6) is 0 Å². The van der Waals surface area contributed by atoms with Gasteiger partial charge >= 0.3 is 0 Å². The molecule has 0 spiro atoms. The van der Waals surface area contributed by atoms with Crippen molar-refractivity contribution in [2.75, 3.05) is 0 Å². The molecule has 18 heavy (non-hydrogen) atoms. The van der Waals surface area contributed by atoms with Crippen LogP contribution >= 0.6 is 43.5 Å². The largest absolute Gasteiger partial charge is 0.383 e. The minimum atomic E-state index is -1.12. The third-order valence-electron chi connectivity index (χ3n) is 2.53. The number of aliphatic hydroxyl groups is 1. The van der Waals surface area contributed by atoms with Crippen molar-refractivity contribution in [3.8, 4) is 0 Å². The summed E-state index contributed by atoms with van der Waals surface area (Å²) in [7, 11) is 0. The van der Waals surface area contributed by atoms with Gasteiger partial charge in [0.15, 0.2) is 0 Å². The van der Waals surface area contributed by atoms with E-state index in [1.807, 2.05) is 6.07 Å². The van der Waals surface area contributed by atoms with Crippen molar-refractivity contribution in [1.82, 2.24) is 0 Å². The van der Waals surface area contributed by atoms with Crippen LogP contribution in [0.15, 0.2) is 45.3 Å². The standard InChI is InChI=1S/C13H8Br2ClFO/c14-7-4-5-9(15)8(6-7)13(18)12-10(16)2-1-3-11(12)17/h1-6,13,18H. The fourth-order valence-corrected chi connectivity index (χ4v) is 2.76. The van der Waals surface area contributed by atoms with E-state index in [9.17, 15) is 9.50 Å². The lowest BCUT2D eigenvalue weighted by Gasteiger charge is -2.16. The molecule has 0 heterocycles. The maximum Gasteiger partial charge on any atom is 0.130 e. The van der Waals surface area contributed by atoms with E-state index < -0.39 is 11.9 Å². The summed E-state index contributed by atoms with van der Waals surface area (Å²) in [6, 6.07) is 9.65. The molecule has 0 amide bonds. The predicted octanol–water partition coefficient (Wildman–Crippen LogP) is 5.09. The van der Waals surface area contributed by atoms with Gasteiger partial charge in [-0.3, -0.25) is 0 Å². The van der Waals surface area contributed by atoms with E-state index in [4.69, 9.17) is 11.6 Å². The molecule has 0 fully saturated rings. The number of benzene rings is 2. The molecular weight excluding hydrogens is 386 g/mol. The van der Waals surface area contributed by atoms with Crippen molar-refractivity contribution in [3.63, 3.8) is 0 Å². The van der Waals surface area contributed by atoms with Gasteiger partial charge in [-0.25, -0.2) is 4.39 Å².